The van der Waals surface area contributed by atoms with Crippen molar-refractivity contribution in [3.05, 3.63) is 30.1 Å². The van der Waals surface area contributed by atoms with Gasteiger partial charge in [-0.3, -0.25) is 0 Å². The highest BCUT2D eigenvalue weighted by atomic mass is 32.2. The van der Waals surface area contributed by atoms with Crippen molar-refractivity contribution in [1.29, 1.82) is 0 Å². The fourth-order valence-electron chi connectivity index (χ4n) is 1.49. The van der Waals surface area contributed by atoms with Crippen LogP contribution in [-0.4, -0.2) is 24.4 Å². The summed E-state index contributed by atoms with van der Waals surface area (Å²) in [5, 5.41) is 19.4. The first-order valence-electron chi connectivity index (χ1n) is 5.65. The third-order valence-electron chi connectivity index (χ3n) is 2.59. The Kier molecular flexibility index (Phi) is 3.58. The Bertz CT molecular complexity index is 721. The van der Waals surface area contributed by atoms with Crippen LogP contribution in [0.4, 0.5) is 10.3 Å². The molecule has 2 aromatic rings. The summed E-state index contributed by atoms with van der Waals surface area (Å²) in [7, 11) is -3.66. The van der Waals surface area contributed by atoms with Crippen LogP contribution in [0.25, 0.3) is 11.3 Å². The van der Waals surface area contributed by atoms with Gasteiger partial charge >= 0.3 is 0 Å². The molecule has 0 fully saturated rings. The summed E-state index contributed by atoms with van der Waals surface area (Å²) >= 11 is 0. The van der Waals surface area contributed by atoms with Crippen molar-refractivity contribution in [1.82, 2.24) is 0 Å². The monoisotopic (exact) mass is 301 g/mol. The van der Waals surface area contributed by atoms with Gasteiger partial charge in [-0.15, -0.1) is 0 Å². The normalized spacial score (nSPS) is 11.5. The van der Waals surface area contributed by atoms with Crippen molar-refractivity contribution in [3.8, 4) is 22.8 Å². The number of rotatable bonds is 4. The zero-order valence-corrected chi connectivity index (χ0v) is 11.2. The van der Waals surface area contributed by atoms with E-state index in [4.69, 9.17) is 4.42 Å². The molecule has 1 heterocycles. The maximum atomic E-state index is 12.8. The first kappa shape index (κ1) is 14.2. The van der Waals surface area contributed by atoms with Crippen molar-refractivity contribution in [2.75, 3.05) is 10.5 Å². The predicted molar refractivity (Wildman–Crippen MR) is 70.5 cm³/mol. The Labute approximate surface area is 114 Å². The Morgan fingerprint density at radius 2 is 1.80 bits per heavy atom. The molecule has 1 aromatic heterocycles. The second kappa shape index (κ2) is 5.04. The number of anilines is 1. The zero-order valence-electron chi connectivity index (χ0n) is 10.4. The van der Waals surface area contributed by atoms with Crippen LogP contribution in [-0.2, 0) is 10.0 Å². The van der Waals surface area contributed by atoms with Crippen molar-refractivity contribution < 1.29 is 27.4 Å². The quantitative estimate of drug-likeness (QED) is 0.804. The lowest BCUT2D eigenvalue weighted by molar-refractivity contribution is 0.410. The van der Waals surface area contributed by atoms with Gasteiger partial charge in [-0.05, 0) is 31.2 Å². The molecule has 20 heavy (non-hydrogen) atoms. The number of hydrogen-bond acceptors (Lipinski definition) is 5. The van der Waals surface area contributed by atoms with Gasteiger partial charge in [0.05, 0.1) is 5.75 Å². The Balaban J connectivity index is 2.45. The van der Waals surface area contributed by atoms with Gasteiger partial charge in [0.15, 0.2) is 5.76 Å². The highest BCUT2D eigenvalue weighted by molar-refractivity contribution is 7.92. The van der Waals surface area contributed by atoms with Crippen molar-refractivity contribution >= 4 is 15.9 Å². The minimum Gasteiger partial charge on any atom is -0.502 e. The van der Waals surface area contributed by atoms with Gasteiger partial charge < -0.3 is 14.6 Å². The molecule has 0 amide bonds. The van der Waals surface area contributed by atoms with E-state index < -0.39 is 33.2 Å². The summed E-state index contributed by atoms with van der Waals surface area (Å²) in [5.41, 5.74) is 0.293. The lowest BCUT2D eigenvalue weighted by Crippen LogP contribution is -2.14. The highest BCUT2D eigenvalue weighted by Gasteiger charge is 2.23. The summed E-state index contributed by atoms with van der Waals surface area (Å²) in [5.74, 6) is -2.68. The fourth-order valence-corrected chi connectivity index (χ4v) is 2.06. The van der Waals surface area contributed by atoms with E-state index in [2.05, 4.69) is 0 Å². The van der Waals surface area contributed by atoms with E-state index in [9.17, 15) is 23.0 Å². The predicted octanol–water partition coefficient (Wildman–Crippen LogP) is 2.26. The molecule has 0 saturated heterocycles. The van der Waals surface area contributed by atoms with Gasteiger partial charge in [-0.2, -0.15) is 0 Å². The molecular weight excluding hydrogens is 289 g/mol. The Morgan fingerprint density at radius 3 is 2.35 bits per heavy atom. The summed E-state index contributed by atoms with van der Waals surface area (Å²) in [4.78, 5) is 0. The number of nitrogens with one attached hydrogen (secondary N) is 1. The fraction of sp³-hybridized carbons (Fsp3) is 0.167. The van der Waals surface area contributed by atoms with Crippen LogP contribution in [0.2, 0.25) is 0 Å². The zero-order chi connectivity index (χ0) is 14.9. The van der Waals surface area contributed by atoms with Gasteiger partial charge in [-0.25, -0.2) is 17.5 Å². The Morgan fingerprint density at radius 1 is 1.20 bits per heavy atom. The minimum absolute atomic E-state index is 0.156. The van der Waals surface area contributed by atoms with E-state index in [-0.39, 0.29) is 11.5 Å². The van der Waals surface area contributed by atoms with E-state index in [0.717, 1.165) is 12.1 Å². The van der Waals surface area contributed by atoms with Gasteiger partial charge in [0.25, 0.3) is 5.88 Å². The summed E-state index contributed by atoms with van der Waals surface area (Å²) < 4.78 is 42.7. The molecule has 108 valence electrons. The molecule has 3 N–H and O–H groups in total. The largest absolute Gasteiger partial charge is 0.502 e. The molecule has 0 spiro atoms. The van der Waals surface area contributed by atoms with Crippen LogP contribution < -0.4 is 4.72 Å². The molecule has 0 atom stereocenters. The number of aromatic hydroxyl groups is 2. The SMILES string of the molecule is CCS(=O)(=O)Nc1oc(-c2ccc(F)cc2)c(O)c1O. The summed E-state index contributed by atoms with van der Waals surface area (Å²) in [6, 6.07) is 4.94. The van der Waals surface area contributed by atoms with Gasteiger partial charge in [0, 0.05) is 5.56 Å². The molecule has 6 nitrogen and oxygen atoms in total. The molecule has 8 heteroatoms. The Hall–Kier alpha value is -2.22. The second-order valence-electron chi connectivity index (χ2n) is 3.97. The first-order chi connectivity index (χ1) is 9.34. The topological polar surface area (TPSA) is 99.8 Å². The molecule has 0 saturated carbocycles. The van der Waals surface area contributed by atoms with Crippen LogP contribution in [0.3, 0.4) is 0 Å². The molecule has 0 aliphatic rings. The summed E-state index contributed by atoms with van der Waals surface area (Å²) in [6.45, 7) is 1.41. The van der Waals surface area contributed by atoms with E-state index in [1.165, 1.54) is 19.1 Å². The van der Waals surface area contributed by atoms with Crippen molar-refractivity contribution in [2.45, 2.75) is 6.92 Å². The number of halogens is 1. The van der Waals surface area contributed by atoms with Crippen LogP contribution >= 0.6 is 0 Å². The standard InChI is InChI=1S/C12H12FNO5S/c1-2-20(17,18)14-12-10(16)9(15)11(19-12)7-3-5-8(13)6-4-7/h3-6,14-16H,2H2,1H3. The molecule has 0 radical (unpaired) electrons. The number of furan rings is 1. The molecule has 0 aliphatic carbocycles. The lowest BCUT2D eigenvalue weighted by atomic mass is 10.1. The van der Waals surface area contributed by atoms with Gasteiger partial charge in [-0.1, -0.05) is 0 Å². The van der Waals surface area contributed by atoms with Crippen molar-refractivity contribution in [2.24, 2.45) is 0 Å². The number of sulfonamides is 1. The maximum Gasteiger partial charge on any atom is 0.253 e. The summed E-state index contributed by atoms with van der Waals surface area (Å²) in [6.07, 6.45) is 0. The second-order valence-corrected chi connectivity index (χ2v) is 5.98. The molecule has 0 unspecified atom stereocenters. The van der Waals surface area contributed by atoms with Crippen LogP contribution in [0.15, 0.2) is 28.7 Å². The van der Waals surface area contributed by atoms with E-state index >= 15 is 0 Å². The average molecular weight is 301 g/mol. The van der Waals surface area contributed by atoms with E-state index in [1.807, 2.05) is 4.72 Å². The molecule has 2 rings (SSSR count). The first-order valence-corrected chi connectivity index (χ1v) is 7.30. The number of benzene rings is 1. The average Bonchev–Trinajstić information content (AvgIpc) is 2.68. The molecule has 0 bridgehead atoms. The van der Waals surface area contributed by atoms with Crippen LogP contribution in [0, 0.1) is 5.82 Å². The molecular formula is C12H12FNO5S. The van der Waals surface area contributed by atoms with Gasteiger partial charge in [0.1, 0.15) is 5.82 Å². The van der Waals surface area contributed by atoms with Crippen LogP contribution in [0.1, 0.15) is 6.92 Å². The van der Waals surface area contributed by atoms with Crippen LogP contribution in [0.5, 0.6) is 11.5 Å². The molecule has 1 aromatic carbocycles. The van der Waals surface area contributed by atoms with E-state index in [0.29, 0.717) is 5.56 Å². The third-order valence-corrected chi connectivity index (χ3v) is 3.85. The lowest BCUT2D eigenvalue weighted by Gasteiger charge is -2.01. The molecule has 0 aliphatic heterocycles. The maximum absolute atomic E-state index is 12.8. The number of hydrogen-bond donors (Lipinski definition) is 3. The van der Waals surface area contributed by atoms with E-state index in [1.54, 1.807) is 0 Å². The highest BCUT2D eigenvalue weighted by Crippen LogP contribution is 2.45. The third kappa shape index (κ3) is 2.69. The smallest absolute Gasteiger partial charge is 0.253 e. The van der Waals surface area contributed by atoms with Crippen molar-refractivity contribution in [3.63, 3.8) is 0 Å². The van der Waals surface area contributed by atoms with Gasteiger partial charge in [0.2, 0.25) is 21.5 Å². The minimum atomic E-state index is -3.66.